The van der Waals surface area contributed by atoms with Gasteiger partial charge in [0.25, 0.3) is 0 Å². The minimum atomic E-state index is -0.455. The lowest BCUT2D eigenvalue weighted by Gasteiger charge is -2.17. The number of hydrogen-bond donors (Lipinski definition) is 3. The summed E-state index contributed by atoms with van der Waals surface area (Å²) in [5, 5.41) is 8.47. The predicted octanol–water partition coefficient (Wildman–Crippen LogP) is 2.74. The third-order valence-electron chi connectivity index (χ3n) is 4.80. The van der Waals surface area contributed by atoms with E-state index in [2.05, 4.69) is 28.1 Å². The van der Waals surface area contributed by atoms with Crippen LogP contribution in [0.5, 0.6) is 0 Å². The van der Waals surface area contributed by atoms with Crippen molar-refractivity contribution >= 4 is 17.6 Å². The molecular weight excluding hydrogens is 290 g/mol. The fourth-order valence-electron chi connectivity index (χ4n) is 3.49. The van der Waals surface area contributed by atoms with Gasteiger partial charge in [-0.25, -0.2) is 4.79 Å². The number of fused-ring (bicyclic) bond motifs is 1. The first-order valence-corrected chi connectivity index (χ1v) is 8.61. The predicted molar refractivity (Wildman–Crippen MR) is 90.5 cm³/mol. The molecule has 0 spiro atoms. The average molecular weight is 315 g/mol. The van der Waals surface area contributed by atoms with Gasteiger partial charge in [-0.1, -0.05) is 18.9 Å². The van der Waals surface area contributed by atoms with Crippen molar-refractivity contribution in [1.82, 2.24) is 10.6 Å². The maximum absolute atomic E-state index is 12.1. The topological polar surface area (TPSA) is 70.2 Å². The van der Waals surface area contributed by atoms with Gasteiger partial charge in [0.2, 0.25) is 5.91 Å². The second-order valence-corrected chi connectivity index (χ2v) is 6.65. The van der Waals surface area contributed by atoms with Gasteiger partial charge in [0.05, 0.1) is 0 Å². The van der Waals surface area contributed by atoms with Crippen LogP contribution in [-0.2, 0) is 17.6 Å². The van der Waals surface area contributed by atoms with Crippen molar-refractivity contribution in [2.75, 3.05) is 5.32 Å². The highest BCUT2D eigenvalue weighted by molar-refractivity contribution is 5.98. The van der Waals surface area contributed by atoms with Gasteiger partial charge in [0.15, 0.2) is 0 Å². The van der Waals surface area contributed by atoms with Crippen LogP contribution in [-0.4, -0.2) is 24.0 Å². The molecule has 1 aromatic carbocycles. The number of urea groups is 1. The highest BCUT2D eigenvalue weighted by Gasteiger charge is 2.20. The Morgan fingerprint density at radius 2 is 1.83 bits per heavy atom. The number of amides is 3. The number of aryl methyl sites for hydroxylation is 2. The molecule has 0 unspecified atom stereocenters. The van der Waals surface area contributed by atoms with E-state index in [1.54, 1.807) is 6.92 Å². The molecular formula is C18H25N3O2. The normalized spacial score (nSPS) is 18.3. The molecule has 2 aliphatic carbocycles. The summed E-state index contributed by atoms with van der Waals surface area (Å²) in [4.78, 5) is 24.0. The van der Waals surface area contributed by atoms with Crippen molar-refractivity contribution in [3.05, 3.63) is 29.3 Å². The van der Waals surface area contributed by atoms with Crippen molar-refractivity contribution in [3.63, 3.8) is 0 Å². The molecule has 1 fully saturated rings. The lowest BCUT2D eigenvalue weighted by atomic mass is 10.1. The molecule has 1 aromatic rings. The smallest absolute Gasteiger partial charge is 0.321 e. The number of carbonyl (C=O) groups is 2. The summed E-state index contributed by atoms with van der Waals surface area (Å²) in [6.07, 6.45) is 7.76. The first-order valence-electron chi connectivity index (χ1n) is 8.61. The number of hydrogen-bond acceptors (Lipinski definition) is 3. The number of imide groups is 1. The zero-order valence-electron chi connectivity index (χ0n) is 13.7. The molecule has 23 heavy (non-hydrogen) atoms. The minimum absolute atomic E-state index is 0.211. The molecule has 5 nitrogen and oxygen atoms in total. The van der Waals surface area contributed by atoms with Crippen LogP contribution in [0.25, 0.3) is 0 Å². The van der Waals surface area contributed by atoms with Crippen LogP contribution >= 0.6 is 0 Å². The molecule has 0 radical (unpaired) electrons. The van der Waals surface area contributed by atoms with E-state index in [0.717, 1.165) is 44.2 Å². The van der Waals surface area contributed by atoms with Crippen molar-refractivity contribution in [1.29, 1.82) is 0 Å². The molecule has 0 heterocycles. The van der Waals surface area contributed by atoms with E-state index in [0.29, 0.717) is 0 Å². The van der Waals surface area contributed by atoms with Crippen LogP contribution in [0.2, 0.25) is 0 Å². The van der Waals surface area contributed by atoms with E-state index < -0.39 is 6.04 Å². The van der Waals surface area contributed by atoms with E-state index in [9.17, 15) is 9.59 Å². The van der Waals surface area contributed by atoms with Gasteiger partial charge in [-0.15, -0.1) is 0 Å². The first-order chi connectivity index (χ1) is 11.1. The summed E-state index contributed by atoms with van der Waals surface area (Å²) in [6, 6.07) is 5.62. The summed E-state index contributed by atoms with van der Waals surface area (Å²) in [5.41, 5.74) is 3.70. The fraction of sp³-hybridized carbons (Fsp3) is 0.556. The molecule has 2 aliphatic rings. The first kappa shape index (κ1) is 15.8. The van der Waals surface area contributed by atoms with Gasteiger partial charge < -0.3 is 10.6 Å². The Hall–Kier alpha value is -2.04. The monoisotopic (exact) mass is 315 g/mol. The van der Waals surface area contributed by atoms with Crippen molar-refractivity contribution in [3.8, 4) is 0 Å². The number of nitrogens with one attached hydrogen (secondary N) is 3. The van der Waals surface area contributed by atoms with Gasteiger partial charge in [-0.2, -0.15) is 0 Å². The van der Waals surface area contributed by atoms with E-state index in [1.807, 2.05) is 6.07 Å². The standard InChI is InChI=1S/C18H25N3O2/c1-12(17(22)21-18(23)20-15-7-2-3-8-15)19-16-10-9-13-5-4-6-14(13)11-16/h9-12,15,19H,2-8H2,1H3,(H2,20,21,22,23)/t12-/m1/s1. The fourth-order valence-corrected chi connectivity index (χ4v) is 3.49. The summed E-state index contributed by atoms with van der Waals surface area (Å²) in [7, 11) is 0. The summed E-state index contributed by atoms with van der Waals surface area (Å²) in [5.74, 6) is -0.305. The van der Waals surface area contributed by atoms with Crippen molar-refractivity contribution in [2.24, 2.45) is 0 Å². The van der Waals surface area contributed by atoms with Crippen LogP contribution in [0.4, 0.5) is 10.5 Å². The van der Waals surface area contributed by atoms with Gasteiger partial charge in [0.1, 0.15) is 6.04 Å². The van der Waals surface area contributed by atoms with E-state index >= 15 is 0 Å². The Morgan fingerprint density at radius 3 is 2.61 bits per heavy atom. The molecule has 1 atom stereocenters. The maximum Gasteiger partial charge on any atom is 0.321 e. The molecule has 3 rings (SSSR count). The van der Waals surface area contributed by atoms with Crippen LogP contribution in [0.1, 0.15) is 50.2 Å². The molecule has 5 heteroatoms. The summed E-state index contributed by atoms with van der Waals surface area (Å²) in [6.45, 7) is 1.77. The Labute approximate surface area is 137 Å². The highest BCUT2D eigenvalue weighted by Crippen LogP contribution is 2.25. The Bertz CT molecular complexity index is 594. The lowest BCUT2D eigenvalue weighted by Crippen LogP contribution is -2.48. The largest absolute Gasteiger partial charge is 0.374 e. The minimum Gasteiger partial charge on any atom is -0.374 e. The highest BCUT2D eigenvalue weighted by atomic mass is 16.2. The van der Waals surface area contributed by atoms with E-state index in [1.165, 1.54) is 17.5 Å². The van der Waals surface area contributed by atoms with Crippen molar-refractivity contribution < 1.29 is 9.59 Å². The van der Waals surface area contributed by atoms with Gasteiger partial charge >= 0.3 is 6.03 Å². The second kappa shape index (κ2) is 7.02. The quantitative estimate of drug-likeness (QED) is 0.800. The SMILES string of the molecule is C[C@@H](Nc1ccc2c(c1)CCC2)C(=O)NC(=O)NC1CCCC1. The van der Waals surface area contributed by atoms with Crippen molar-refractivity contribution in [2.45, 2.75) is 64.0 Å². The van der Waals surface area contributed by atoms with Gasteiger partial charge in [0, 0.05) is 11.7 Å². The van der Waals surface area contributed by atoms with Crippen LogP contribution in [0.3, 0.4) is 0 Å². The molecule has 1 saturated carbocycles. The van der Waals surface area contributed by atoms with Crippen LogP contribution in [0.15, 0.2) is 18.2 Å². The third kappa shape index (κ3) is 4.03. The Kier molecular flexibility index (Phi) is 4.84. The molecule has 0 aromatic heterocycles. The Balaban J connectivity index is 1.50. The molecule has 0 aliphatic heterocycles. The zero-order valence-corrected chi connectivity index (χ0v) is 13.7. The molecule has 3 N–H and O–H groups in total. The van der Waals surface area contributed by atoms with Crippen LogP contribution < -0.4 is 16.0 Å². The molecule has 124 valence electrons. The van der Waals surface area contributed by atoms with Crippen LogP contribution in [0, 0.1) is 0 Å². The molecule has 0 saturated heterocycles. The summed E-state index contributed by atoms with van der Waals surface area (Å²) < 4.78 is 0. The van der Waals surface area contributed by atoms with E-state index in [-0.39, 0.29) is 18.0 Å². The van der Waals surface area contributed by atoms with Gasteiger partial charge in [-0.05, 0) is 62.3 Å². The molecule has 0 bridgehead atoms. The number of benzene rings is 1. The number of anilines is 1. The molecule has 3 amide bonds. The Morgan fingerprint density at radius 1 is 1.09 bits per heavy atom. The maximum atomic E-state index is 12.1. The summed E-state index contributed by atoms with van der Waals surface area (Å²) >= 11 is 0. The third-order valence-corrected chi connectivity index (χ3v) is 4.80. The average Bonchev–Trinajstić information content (AvgIpc) is 3.17. The second-order valence-electron chi connectivity index (χ2n) is 6.65. The zero-order chi connectivity index (χ0) is 16.2. The number of carbonyl (C=O) groups excluding carboxylic acids is 2. The lowest BCUT2D eigenvalue weighted by molar-refractivity contribution is -0.120. The van der Waals surface area contributed by atoms with E-state index in [4.69, 9.17) is 0 Å². The van der Waals surface area contributed by atoms with Gasteiger partial charge in [-0.3, -0.25) is 10.1 Å². The number of rotatable bonds is 4.